The maximum Gasteiger partial charge on any atom is 0.0833 e. The molecule has 1 aliphatic rings. The Morgan fingerprint density at radius 2 is 2.07 bits per heavy atom. The average molecular weight is 231 g/mol. The van der Waals surface area contributed by atoms with Crippen molar-refractivity contribution in [3.63, 3.8) is 0 Å². The van der Waals surface area contributed by atoms with E-state index in [1.54, 1.807) is 11.8 Å². The van der Waals surface area contributed by atoms with Gasteiger partial charge in [0.1, 0.15) is 0 Å². The summed E-state index contributed by atoms with van der Waals surface area (Å²) in [6.07, 6.45) is 7.36. The maximum absolute atomic E-state index is 10.0. The zero-order valence-electron chi connectivity index (χ0n) is 10.3. The van der Waals surface area contributed by atoms with Crippen LogP contribution in [0.25, 0.3) is 0 Å². The van der Waals surface area contributed by atoms with Gasteiger partial charge in [-0.05, 0) is 31.9 Å². The van der Waals surface area contributed by atoms with Crippen molar-refractivity contribution in [1.29, 1.82) is 0 Å². The van der Waals surface area contributed by atoms with Gasteiger partial charge in [-0.1, -0.05) is 19.8 Å². The van der Waals surface area contributed by atoms with Gasteiger partial charge >= 0.3 is 0 Å². The zero-order chi connectivity index (χ0) is 11.3. The van der Waals surface area contributed by atoms with E-state index in [1.807, 2.05) is 13.2 Å². The fourth-order valence-electron chi connectivity index (χ4n) is 2.33. The van der Waals surface area contributed by atoms with Crippen molar-refractivity contribution in [2.45, 2.75) is 51.2 Å². The summed E-state index contributed by atoms with van der Waals surface area (Å²) in [5, 5.41) is 13.6. The third-order valence-corrected chi connectivity index (χ3v) is 4.22. The molecule has 0 saturated heterocycles. The molecule has 0 spiro atoms. The van der Waals surface area contributed by atoms with Crippen LogP contribution in [-0.4, -0.2) is 35.3 Å². The lowest BCUT2D eigenvalue weighted by Gasteiger charge is -2.33. The summed E-state index contributed by atoms with van der Waals surface area (Å²) in [6.45, 7) is 4.97. The van der Waals surface area contributed by atoms with Gasteiger partial charge in [0.15, 0.2) is 0 Å². The Balaban J connectivity index is 2.28. The summed E-state index contributed by atoms with van der Waals surface area (Å²) in [6, 6.07) is 0.618. The third-order valence-electron chi connectivity index (χ3n) is 3.31. The Morgan fingerprint density at radius 3 is 2.67 bits per heavy atom. The summed E-state index contributed by atoms with van der Waals surface area (Å²) in [7, 11) is 0. The van der Waals surface area contributed by atoms with Gasteiger partial charge in [0.2, 0.25) is 0 Å². The van der Waals surface area contributed by atoms with Gasteiger partial charge in [0, 0.05) is 18.3 Å². The summed E-state index contributed by atoms with van der Waals surface area (Å²) in [5.74, 6) is 1.57. The molecule has 0 aromatic heterocycles. The zero-order valence-corrected chi connectivity index (χ0v) is 11.1. The molecule has 0 bridgehead atoms. The second-order valence-electron chi connectivity index (χ2n) is 5.18. The smallest absolute Gasteiger partial charge is 0.0833 e. The van der Waals surface area contributed by atoms with E-state index >= 15 is 0 Å². The molecule has 2 nitrogen and oxygen atoms in total. The number of hydrogen-bond acceptors (Lipinski definition) is 3. The first-order valence-electron chi connectivity index (χ1n) is 6.00. The highest BCUT2D eigenvalue weighted by Gasteiger charge is 2.25. The highest BCUT2D eigenvalue weighted by Crippen LogP contribution is 2.24. The Morgan fingerprint density at radius 1 is 1.40 bits per heavy atom. The Hall–Kier alpha value is 0.270. The minimum Gasteiger partial charge on any atom is -0.388 e. The molecule has 3 unspecified atom stereocenters. The molecule has 2 N–H and O–H groups in total. The maximum atomic E-state index is 10.0. The standard InChI is InChI=1S/C12H25NOS/c1-10-6-4-5-7-11(10)13-8-12(2,14)9-15-3/h10-11,13-14H,4-9H2,1-3H3. The summed E-state index contributed by atoms with van der Waals surface area (Å²) in [5.41, 5.74) is -0.559. The lowest BCUT2D eigenvalue weighted by molar-refractivity contribution is 0.0761. The molecule has 0 radical (unpaired) electrons. The first-order chi connectivity index (χ1) is 7.05. The van der Waals surface area contributed by atoms with Crippen LogP contribution in [0.15, 0.2) is 0 Å². The highest BCUT2D eigenvalue weighted by molar-refractivity contribution is 7.98. The monoisotopic (exact) mass is 231 g/mol. The van der Waals surface area contributed by atoms with Crippen LogP contribution < -0.4 is 5.32 Å². The molecule has 3 atom stereocenters. The molecular formula is C12H25NOS. The van der Waals surface area contributed by atoms with E-state index in [9.17, 15) is 5.11 Å². The molecule has 3 heteroatoms. The van der Waals surface area contributed by atoms with Gasteiger partial charge < -0.3 is 10.4 Å². The van der Waals surface area contributed by atoms with Crippen LogP contribution in [0.1, 0.15) is 39.5 Å². The van der Waals surface area contributed by atoms with Gasteiger partial charge in [-0.15, -0.1) is 0 Å². The van der Waals surface area contributed by atoms with Crippen LogP contribution in [0.5, 0.6) is 0 Å². The predicted molar refractivity (Wildman–Crippen MR) is 68.4 cm³/mol. The molecule has 15 heavy (non-hydrogen) atoms. The van der Waals surface area contributed by atoms with Crippen LogP contribution in [-0.2, 0) is 0 Å². The van der Waals surface area contributed by atoms with Crippen molar-refractivity contribution in [2.75, 3.05) is 18.6 Å². The van der Waals surface area contributed by atoms with Crippen LogP contribution in [0.3, 0.4) is 0 Å². The van der Waals surface area contributed by atoms with Crippen LogP contribution in [0, 0.1) is 5.92 Å². The van der Waals surface area contributed by atoms with Gasteiger partial charge in [-0.2, -0.15) is 11.8 Å². The molecule has 0 amide bonds. The van der Waals surface area contributed by atoms with Crippen LogP contribution in [0.2, 0.25) is 0 Å². The molecule has 0 aliphatic heterocycles. The average Bonchev–Trinajstić information content (AvgIpc) is 2.16. The molecule has 0 aromatic rings. The molecule has 90 valence electrons. The van der Waals surface area contributed by atoms with Crippen molar-refractivity contribution in [3.05, 3.63) is 0 Å². The predicted octanol–water partition coefficient (Wildman–Crippen LogP) is 2.27. The van der Waals surface area contributed by atoms with Crippen LogP contribution >= 0.6 is 11.8 Å². The van der Waals surface area contributed by atoms with E-state index in [4.69, 9.17) is 0 Å². The number of rotatable bonds is 5. The lowest BCUT2D eigenvalue weighted by Crippen LogP contribution is -2.47. The fourth-order valence-corrected chi connectivity index (χ4v) is 3.06. The highest BCUT2D eigenvalue weighted by atomic mass is 32.2. The molecule has 1 saturated carbocycles. The normalized spacial score (nSPS) is 31.2. The SMILES string of the molecule is CSCC(C)(O)CNC1CCCCC1C. The summed E-state index contributed by atoms with van der Waals surface area (Å²) in [4.78, 5) is 0. The number of hydrogen-bond donors (Lipinski definition) is 2. The third kappa shape index (κ3) is 4.75. The molecule has 1 rings (SSSR count). The topological polar surface area (TPSA) is 32.3 Å². The van der Waals surface area contributed by atoms with E-state index in [1.165, 1.54) is 25.7 Å². The largest absolute Gasteiger partial charge is 0.388 e. The Bertz CT molecular complexity index is 184. The van der Waals surface area contributed by atoms with E-state index in [0.29, 0.717) is 6.04 Å². The van der Waals surface area contributed by atoms with Crippen molar-refractivity contribution in [2.24, 2.45) is 5.92 Å². The molecule has 1 aliphatic carbocycles. The first-order valence-corrected chi connectivity index (χ1v) is 7.39. The minimum atomic E-state index is -0.559. The van der Waals surface area contributed by atoms with Gasteiger partial charge in [0.05, 0.1) is 5.60 Å². The van der Waals surface area contributed by atoms with Crippen molar-refractivity contribution < 1.29 is 5.11 Å². The minimum absolute atomic E-state index is 0.559. The second-order valence-corrected chi connectivity index (χ2v) is 6.05. The summed E-state index contributed by atoms with van der Waals surface area (Å²) < 4.78 is 0. The second kappa shape index (κ2) is 6.12. The Labute approximate surface area is 98.2 Å². The number of aliphatic hydroxyl groups is 1. The van der Waals surface area contributed by atoms with E-state index in [-0.39, 0.29) is 0 Å². The number of thioether (sulfide) groups is 1. The van der Waals surface area contributed by atoms with E-state index in [2.05, 4.69) is 12.2 Å². The quantitative estimate of drug-likeness (QED) is 0.761. The molecular weight excluding hydrogens is 206 g/mol. The van der Waals surface area contributed by atoms with E-state index in [0.717, 1.165) is 18.2 Å². The summed E-state index contributed by atoms with van der Waals surface area (Å²) >= 11 is 1.71. The van der Waals surface area contributed by atoms with Gasteiger partial charge in [-0.3, -0.25) is 0 Å². The van der Waals surface area contributed by atoms with Crippen LogP contribution in [0.4, 0.5) is 0 Å². The molecule has 0 heterocycles. The lowest BCUT2D eigenvalue weighted by atomic mass is 9.85. The fraction of sp³-hybridized carbons (Fsp3) is 1.00. The Kier molecular flexibility index (Phi) is 5.44. The first kappa shape index (κ1) is 13.3. The number of nitrogens with one attached hydrogen (secondary N) is 1. The molecule has 0 aromatic carbocycles. The van der Waals surface area contributed by atoms with Crippen molar-refractivity contribution in [3.8, 4) is 0 Å². The van der Waals surface area contributed by atoms with Gasteiger partial charge in [0.25, 0.3) is 0 Å². The molecule has 1 fully saturated rings. The van der Waals surface area contributed by atoms with E-state index < -0.39 is 5.60 Å². The van der Waals surface area contributed by atoms with Gasteiger partial charge in [-0.25, -0.2) is 0 Å². The van der Waals surface area contributed by atoms with Crippen molar-refractivity contribution in [1.82, 2.24) is 5.32 Å². The van der Waals surface area contributed by atoms with Crippen molar-refractivity contribution >= 4 is 11.8 Å².